The number of rotatable bonds is 3. The van der Waals surface area contributed by atoms with Crippen LogP contribution in [0.15, 0.2) is 43.1 Å². The Morgan fingerprint density at radius 1 is 1.13 bits per heavy atom. The van der Waals surface area contributed by atoms with Crippen molar-refractivity contribution in [2.24, 2.45) is 0 Å². The predicted molar refractivity (Wildman–Crippen MR) is 98.7 cm³/mol. The number of hydrogen-bond donors (Lipinski definition) is 1. The van der Waals surface area contributed by atoms with Crippen molar-refractivity contribution in [3.63, 3.8) is 0 Å². The minimum absolute atomic E-state index is 0.0674. The molecule has 4 aromatic rings. The van der Waals surface area contributed by atoms with Crippen LogP contribution in [0.25, 0.3) is 5.52 Å². The lowest BCUT2D eigenvalue weighted by atomic mass is 10.00. The van der Waals surface area contributed by atoms with Gasteiger partial charge in [-0.05, 0) is 18.2 Å². The van der Waals surface area contributed by atoms with Crippen molar-refractivity contribution in [2.75, 3.05) is 11.4 Å². The molecule has 160 valence electrons. The van der Waals surface area contributed by atoms with Crippen LogP contribution in [0, 0.1) is 0 Å². The molecule has 0 aliphatic carbocycles. The summed E-state index contributed by atoms with van der Waals surface area (Å²) in [6, 6.07) is 3.68. The molecule has 31 heavy (non-hydrogen) atoms. The van der Waals surface area contributed by atoms with Crippen LogP contribution in [0.2, 0.25) is 0 Å². The molecule has 5 rings (SSSR count). The third-order valence-electron chi connectivity index (χ3n) is 5.22. The van der Waals surface area contributed by atoms with Crippen LogP contribution in [0.5, 0.6) is 0 Å². The molecule has 1 aliphatic heterocycles. The van der Waals surface area contributed by atoms with E-state index in [9.17, 15) is 22.0 Å². The Balaban J connectivity index is 1.62. The van der Waals surface area contributed by atoms with Crippen LogP contribution in [0.4, 0.5) is 27.9 Å². The fourth-order valence-electron chi connectivity index (χ4n) is 3.78. The van der Waals surface area contributed by atoms with Crippen molar-refractivity contribution in [1.29, 1.82) is 0 Å². The number of aromatic amines is 1. The van der Waals surface area contributed by atoms with Gasteiger partial charge in [-0.3, -0.25) is 0 Å². The van der Waals surface area contributed by atoms with E-state index < -0.39 is 24.2 Å². The number of pyridine rings is 1. The third kappa shape index (κ3) is 3.27. The molecule has 0 bridgehead atoms. The highest BCUT2D eigenvalue weighted by molar-refractivity contribution is 5.58. The van der Waals surface area contributed by atoms with Crippen LogP contribution >= 0.6 is 0 Å². The fourth-order valence-corrected chi connectivity index (χ4v) is 3.78. The number of halogens is 5. The Kier molecular flexibility index (Phi) is 4.38. The molecule has 0 saturated carbocycles. The largest absolute Gasteiger partial charge is 0.419 e. The average Bonchev–Trinajstić information content (AvgIpc) is 3.38. The van der Waals surface area contributed by atoms with E-state index in [1.165, 1.54) is 29.0 Å². The third-order valence-corrected chi connectivity index (χ3v) is 5.22. The molecule has 1 aliphatic rings. The molecule has 0 amide bonds. The van der Waals surface area contributed by atoms with E-state index in [4.69, 9.17) is 0 Å². The molecule has 7 nitrogen and oxygen atoms in total. The summed E-state index contributed by atoms with van der Waals surface area (Å²) in [5.41, 5.74) is 0.945. The first-order chi connectivity index (χ1) is 14.8. The Morgan fingerprint density at radius 3 is 2.61 bits per heavy atom. The zero-order valence-electron chi connectivity index (χ0n) is 15.7. The summed E-state index contributed by atoms with van der Waals surface area (Å²) in [7, 11) is 0. The Bertz CT molecular complexity index is 1230. The van der Waals surface area contributed by atoms with E-state index >= 15 is 0 Å². The molecule has 4 aromatic heterocycles. The summed E-state index contributed by atoms with van der Waals surface area (Å²) in [4.78, 5) is 16.9. The average molecular weight is 435 g/mol. The van der Waals surface area contributed by atoms with Crippen molar-refractivity contribution in [3.8, 4) is 0 Å². The van der Waals surface area contributed by atoms with E-state index in [-0.39, 0.29) is 17.0 Å². The number of imidazole rings is 1. The molecule has 0 aromatic carbocycles. The Hall–Kier alpha value is -3.57. The minimum atomic E-state index is -4.55. The van der Waals surface area contributed by atoms with Crippen molar-refractivity contribution >= 4 is 11.5 Å². The van der Waals surface area contributed by atoms with E-state index in [0.717, 1.165) is 18.1 Å². The smallest absolute Gasteiger partial charge is 0.348 e. The van der Waals surface area contributed by atoms with Crippen molar-refractivity contribution in [3.05, 3.63) is 71.3 Å². The van der Waals surface area contributed by atoms with E-state index in [1.54, 1.807) is 11.1 Å². The van der Waals surface area contributed by atoms with Gasteiger partial charge in [-0.2, -0.15) is 18.3 Å². The van der Waals surface area contributed by atoms with Gasteiger partial charge < -0.3 is 9.88 Å². The molecule has 0 unspecified atom stereocenters. The second-order valence-corrected chi connectivity index (χ2v) is 7.04. The maximum atomic E-state index is 13.4. The van der Waals surface area contributed by atoms with Gasteiger partial charge in [0.25, 0.3) is 6.43 Å². The number of nitrogens with zero attached hydrogens (tertiary/aromatic N) is 6. The quantitative estimate of drug-likeness (QED) is 0.493. The first-order valence-electron chi connectivity index (χ1n) is 9.27. The van der Waals surface area contributed by atoms with Gasteiger partial charge in [-0.1, -0.05) is 0 Å². The molecular formula is C19H14F5N7. The van der Waals surface area contributed by atoms with Gasteiger partial charge in [-0.15, -0.1) is 0 Å². The summed E-state index contributed by atoms with van der Waals surface area (Å²) in [5.74, 6) is 0.0674. The van der Waals surface area contributed by atoms with Gasteiger partial charge in [0.05, 0.1) is 28.8 Å². The standard InChI is InChI=1S/C19H14F5N7/c20-17(21)11-2-1-4-31-14(11)6-13(29-31)16-15-12(27-9-28-15)3-5-30(16)18-25-7-10(8-26-18)19(22,23)24/h1-2,4,6-9,16-17H,3,5H2,(H,27,28)/t16-/m0/s1. The molecule has 0 fully saturated rings. The van der Waals surface area contributed by atoms with Gasteiger partial charge in [0.1, 0.15) is 6.04 Å². The highest BCUT2D eigenvalue weighted by atomic mass is 19.4. The highest BCUT2D eigenvalue weighted by Crippen LogP contribution is 2.37. The second-order valence-electron chi connectivity index (χ2n) is 7.04. The molecule has 12 heteroatoms. The molecule has 5 heterocycles. The number of alkyl halides is 5. The van der Waals surface area contributed by atoms with Crippen LogP contribution in [-0.2, 0) is 12.6 Å². The first kappa shape index (κ1) is 19.4. The van der Waals surface area contributed by atoms with Crippen molar-refractivity contribution in [1.82, 2.24) is 29.5 Å². The zero-order valence-corrected chi connectivity index (χ0v) is 15.7. The first-order valence-corrected chi connectivity index (χ1v) is 9.27. The summed E-state index contributed by atoms with van der Waals surface area (Å²) in [6.45, 7) is 0.376. The summed E-state index contributed by atoms with van der Waals surface area (Å²) in [5, 5.41) is 4.44. The van der Waals surface area contributed by atoms with E-state index in [1.807, 2.05) is 0 Å². The number of H-pyrrole nitrogens is 1. The molecule has 0 radical (unpaired) electrons. The summed E-state index contributed by atoms with van der Waals surface area (Å²) in [6.07, 6.45) is -2.20. The lowest BCUT2D eigenvalue weighted by molar-refractivity contribution is -0.138. The number of aromatic nitrogens is 6. The maximum Gasteiger partial charge on any atom is 0.419 e. The zero-order chi connectivity index (χ0) is 21.8. The number of hydrogen-bond acceptors (Lipinski definition) is 5. The van der Waals surface area contributed by atoms with Gasteiger partial charge in [-0.25, -0.2) is 28.2 Å². The van der Waals surface area contributed by atoms with Crippen LogP contribution in [0.1, 0.15) is 40.7 Å². The second kappa shape index (κ2) is 7.00. The number of nitrogens with one attached hydrogen (secondary N) is 1. The van der Waals surface area contributed by atoms with Crippen LogP contribution < -0.4 is 4.90 Å². The Labute approximate surface area is 171 Å². The van der Waals surface area contributed by atoms with Crippen molar-refractivity contribution < 1.29 is 22.0 Å². The van der Waals surface area contributed by atoms with Crippen LogP contribution in [0.3, 0.4) is 0 Å². The SMILES string of the molecule is FC(F)c1cccn2nc([C@H]3c4nc[nH]c4CCN3c3ncc(C(F)(F)F)cn3)cc12. The van der Waals surface area contributed by atoms with Gasteiger partial charge in [0, 0.05) is 42.8 Å². The summed E-state index contributed by atoms with van der Waals surface area (Å²) < 4.78 is 66.9. The van der Waals surface area contributed by atoms with Crippen LogP contribution in [-0.4, -0.2) is 36.1 Å². The van der Waals surface area contributed by atoms with E-state index in [0.29, 0.717) is 24.4 Å². The minimum Gasteiger partial charge on any atom is -0.348 e. The van der Waals surface area contributed by atoms with E-state index in [2.05, 4.69) is 25.0 Å². The van der Waals surface area contributed by atoms with Crippen molar-refractivity contribution in [2.45, 2.75) is 25.1 Å². The topological polar surface area (TPSA) is 75.0 Å². The predicted octanol–water partition coefficient (Wildman–Crippen LogP) is 3.96. The van der Waals surface area contributed by atoms with Gasteiger partial charge in [0.2, 0.25) is 5.95 Å². The number of fused-ring (bicyclic) bond motifs is 2. The molecule has 1 atom stereocenters. The molecule has 0 saturated heterocycles. The lowest BCUT2D eigenvalue weighted by Crippen LogP contribution is -2.37. The number of anilines is 1. The maximum absolute atomic E-state index is 13.4. The monoisotopic (exact) mass is 435 g/mol. The molecule has 1 N–H and O–H groups in total. The lowest BCUT2D eigenvalue weighted by Gasteiger charge is -2.33. The highest BCUT2D eigenvalue weighted by Gasteiger charge is 2.36. The molecular weight excluding hydrogens is 421 g/mol. The summed E-state index contributed by atoms with van der Waals surface area (Å²) >= 11 is 0. The van der Waals surface area contributed by atoms with Gasteiger partial charge >= 0.3 is 6.18 Å². The normalized spacial score (nSPS) is 16.8. The molecule has 0 spiro atoms. The van der Waals surface area contributed by atoms with Gasteiger partial charge in [0.15, 0.2) is 0 Å². The Morgan fingerprint density at radius 2 is 1.90 bits per heavy atom. The fraction of sp³-hybridized carbons (Fsp3) is 0.263.